The summed E-state index contributed by atoms with van der Waals surface area (Å²) in [4.78, 5) is 0. The van der Waals surface area contributed by atoms with Crippen molar-refractivity contribution in [1.82, 2.24) is 0 Å². The minimum atomic E-state index is 0.586. The van der Waals surface area contributed by atoms with Gasteiger partial charge in [0.25, 0.3) is 0 Å². The van der Waals surface area contributed by atoms with E-state index in [-0.39, 0.29) is 0 Å². The average molecular weight is 344 g/mol. The lowest BCUT2D eigenvalue weighted by atomic mass is 9.76. The summed E-state index contributed by atoms with van der Waals surface area (Å²) >= 11 is 3.56. The molecule has 0 saturated heterocycles. The first-order chi connectivity index (χ1) is 10.1. The van der Waals surface area contributed by atoms with Crippen molar-refractivity contribution >= 4 is 21.6 Å². The molecule has 1 aliphatic carbocycles. The van der Waals surface area contributed by atoms with Crippen LogP contribution in [0.15, 0.2) is 53.0 Å². The van der Waals surface area contributed by atoms with Gasteiger partial charge in [0.2, 0.25) is 0 Å². The van der Waals surface area contributed by atoms with Gasteiger partial charge >= 0.3 is 0 Å². The van der Waals surface area contributed by atoms with Crippen LogP contribution in [0.25, 0.3) is 0 Å². The second-order valence-electron chi connectivity index (χ2n) is 6.34. The van der Waals surface area contributed by atoms with Crippen molar-refractivity contribution in [2.24, 2.45) is 0 Å². The fraction of sp³-hybridized carbons (Fsp3) is 0.368. The summed E-state index contributed by atoms with van der Waals surface area (Å²) in [5.74, 6) is 1.29. The molecule has 2 aromatic carbocycles. The molecule has 0 atom stereocenters. The first-order valence-electron chi connectivity index (χ1n) is 7.74. The third kappa shape index (κ3) is 3.49. The van der Waals surface area contributed by atoms with Gasteiger partial charge in [-0.3, -0.25) is 0 Å². The second-order valence-corrected chi connectivity index (χ2v) is 7.26. The van der Waals surface area contributed by atoms with Gasteiger partial charge in [-0.2, -0.15) is 0 Å². The molecule has 0 radical (unpaired) electrons. The molecule has 0 heterocycles. The maximum Gasteiger partial charge on any atom is 0.0345 e. The van der Waals surface area contributed by atoms with Crippen molar-refractivity contribution in [1.29, 1.82) is 0 Å². The molecule has 0 unspecified atom stereocenters. The second kappa shape index (κ2) is 6.23. The van der Waals surface area contributed by atoms with Crippen LogP contribution in [0.5, 0.6) is 0 Å². The average Bonchev–Trinajstić information content (AvgIpc) is 2.42. The fourth-order valence-electron chi connectivity index (χ4n) is 2.99. The molecule has 1 nitrogen and oxygen atoms in total. The maximum absolute atomic E-state index is 3.68. The molecule has 0 amide bonds. The van der Waals surface area contributed by atoms with Gasteiger partial charge in [-0.25, -0.2) is 0 Å². The smallest absolute Gasteiger partial charge is 0.0345 e. The van der Waals surface area contributed by atoms with Gasteiger partial charge in [0.05, 0.1) is 0 Å². The van der Waals surface area contributed by atoms with Crippen molar-refractivity contribution in [2.45, 2.75) is 44.6 Å². The third-order valence-corrected chi connectivity index (χ3v) is 4.88. The monoisotopic (exact) mass is 343 g/mol. The van der Waals surface area contributed by atoms with Gasteiger partial charge in [-0.1, -0.05) is 54.0 Å². The molecule has 0 aliphatic heterocycles. The first-order valence-corrected chi connectivity index (χ1v) is 8.53. The standard InChI is InChI=1S/C19H22BrN/c1-13(2)14-5-4-8-18(10-14)21-19-11-16(12-19)15-6-3-7-17(20)9-15/h3-10,13,16,19,21H,11-12H2,1-2H3. The number of hydrogen-bond acceptors (Lipinski definition) is 1. The number of halogens is 1. The summed E-state index contributed by atoms with van der Waals surface area (Å²) in [7, 11) is 0. The van der Waals surface area contributed by atoms with Gasteiger partial charge in [-0.15, -0.1) is 0 Å². The predicted octanol–water partition coefficient (Wildman–Crippen LogP) is 5.93. The molecule has 1 saturated carbocycles. The molecule has 1 aliphatic rings. The van der Waals surface area contributed by atoms with Crippen molar-refractivity contribution in [3.8, 4) is 0 Å². The summed E-state index contributed by atoms with van der Waals surface area (Å²) in [6.07, 6.45) is 2.45. The van der Waals surface area contributed by atoms with E-state index in [2.05, 4.69) is 83.6 Å². The normalized spacial score (nSPS) is 21.1. The molecule has 0 spiro atoms. The largest absolute Gasteiger partial charge is 0.382 e. The van der Waals surface area contributed by atoms with Crippen LogP contribution < -0.4 is 5.32 Å². The number of benzene rings is 2. The maximum atomic E-state index is 3.68. The zero-order chi connectivity index (χ0) is 14.8. The van der Waals surface area contributed by atoms with Gasteiger partial charge in [0, 0.05) is 16.2 Å². The van der Waals surface area contributed by atoms with E-state index >= 15 is 0 Å². The Kier molecular flexibility index (Phi) is 4.34. The number of anilines is 1. The summed E-state index contributed by atoms with van der Waals surface area (Å²) in [5.41, 5.74) is 4.13. The van der Waals surface area contributed by atoms with Crippen LogP contribution in [0.3, 0.4) is 0 Å². The SMILES string of the molecule is CC(C)c1cccc(NC2CC(c3cccc(Br)c3)C2)c1. The van der Waals surface area contributed by atoms with E-state index in [0.717, 1.165) is 0 Å². The Morgan fingerprint density at radius 3 is 2.52 bits per heavy atom. The third-order valence-electron chi connectivity index (χ3n) is 4.38. The van der Waals surface area contributed by atoms with E-state index in [1.807, 2.05) is 0 Å². The Hall–Kier alpha value is -1.28. The van der Waals surface area contributed by atoms with Gasteiger partial charge in [0.15, 0.2) is 0 Å². The predicted molar refractivity (Wildman–Crippen MR) is 94.1 cm³/mol. The zero-order valence-electron chi connectivity index (χ0n) is 12.6. The van der Waals surface area contributed by atoms with Crippen LogP contribution >= 0.6 is 15.9 Å². The van der Waals surface area contributed by atoms with E-state index < -0.39 is 0 Å². The molecular formula is C19H22BrN. The number of rotatable bonds is 4. The lowest BCUT2D eigenvalue weighted by Gasteiger charge is -2.37. The number of hydrogen-bond donors (Lipinski definition) is 1. The lowest BCUT2D eigenvalue weighted by molar-refractivity contribution is 0.374. The topological polar surface area (TPSA) is 12.0 Å². The summed E-state index contributed by atoms with van der Waals surface area (Å²) in [6, 6.07) is 18.2. The Morgan fingerprint density at radius 1 is 1.05 bits per heavy atom. The molecular weight excluding hydrogens is 322 g/mol. The lowest BCUT2D eigenvalue weighted by Crippen LogP contribution is -2.34. The van der Waals surface area contributed by atoms with Crippen LogP contribution in [-0.2, 0) is 0 Å². The highest BCUT2D eigenvalue weighted by molar-refractivity contribution is 9.10. The Bertz CT molecular complexity index is 614. The van der Waals surface area contributed by atoms with E-state index in [1.165, 1.54) is 34.1 Å². The summed E-state index contributed by atoms with van der Waals surface area (Å²) < 4.78 is 1.18. The van der Waals surface area contributed by atoms with Gasteiger partial charge in [0.1, 0.15) is 0 Å². The van der Waals surface area contributed by atoms with Crippen LogP contribution in [-0.4, -0.2) is 6.04 Å². The zero-order valence-corrected chi connectivity index (χ0v) is 14.2. The molecule has 0 bridgehead atoms. The molecule has 2 heteroatoms. The minimum absolute atomic E-state index is 0.586. The van der Waals surface area contributed by atoms with E-state index in [9.17, 15) is 0 Å². The number of nitrogens with one attached hydrogen (secondary N) is 1. The van der Waals surface area contributed by atoms with Crippen LogP contribution in [0, 0.1) is 0 Å². The van der Waals surface area contributed by atoms with Gasteiger partial charge in [-0.05, 0) is 60.1 Å². The fourth-order valence-corrected chi connectivity index (χ4v) is 3.41. The molecule has 1 N–H and O–H groups in total. The minimum Gasteiger partial charge on any atom is -0.382 e. The van der Waals surface area contributed by atoms with Crippen molar-refractivity contribution in [3.63, 3.8) is 0 Å². The highest BCUT2D eigenvalue weighted by Crippen LogP contribution is 2.39. The quantitative estimate of drug-likeness (QED) is 0.725. The van der Waals surface area contributed by atoms with Crippen LogP contribution in [0.1, 0.15) is 49.7 Å². The van der Waals surface area contributed by atoms with E-state index in [4.69, 9.17) is 0 Å². The van der Waals surface area contributed by atoms with Gasteiger partial charge < -0.3 is 5.32 Å². The van der Waals surface area contributed by atoms with Crippen molar-refractivity contribution < 1.29 is 0 Å². The Labute approximate surface area is 135 Å². The Morgan fingerprint density at radius 2 is 1.81 bits per heavy atom. The summed E-state index contributed by atoms with van der Waals surface area (Å²) in [6.45, 7) is 4.48. The highest BCUT2D eigenvalue weighted by atomic mass is 79.9. The molecule has 0 aromatic heterocycles. The van der Waals surface area contributed by atoms with Crippen LogP contribution in [0.2, 0.25) is 0 Å². The molecule has 2 aromatic rings. The summed E-state index contributed by atoms with van der Waals surface area (Å²) in [5, 5.41) is 3.68. The molecule has 3 rings (SSSR count). The Balaban J connectivity index is 1.59. The first kappa shape index (κ1) is 14.6. The van der Waals surface area contributed by atoms with Crippen molar-refractivity contribution in [3.05, 3.63) is 64.1 Å². The van der Waals surface area contributed by atoms with E-state index in [0.29, 0.717) is 17.9 Å². The highest BCUT2D eigenvalue weighted by Gasteiger charge is 2.30. The molecule has 1 fully saturated rings. The molecule has 21 heavy (non-hydrogen) atoms. The molecule has 110 valence electrons. The van der Waals surface area contributed by atoms with Crippen molar-refractivity contribution in [2.75, 3.05) is 5.32 Å². The van der Waals surface area contributed by atoms with E-state index in [1.54, 1.807) is 0 Å². The van der Waals surface area contributed by atoms with Crippen LogP contribution in [0.4, 0.5) is 5.69 Å².